The SMILES string of the molecule is CCCCCNC(=NC)NCCS(=O)Cc1ccccc1.I. The summed E-state index contributed by atoms with van der Waals surface area (Å²) >= 11 is 0. The van der Waals surface area contributed by atoms with Crippen molar-refractivity contribution in [3.63, 3.8) is 0 Å². The molecular formula is C16H28IN3OS. The summed E-state index contributed by atoms with van der Waals surface area (Å²) in [5, 5.41) is 6.48. The van der Waals surface area contributed by atoms with Gasteiger partial charge in [0, 0.05) is 42.4 Å². The summed E-state index contributed by atoms with van der Waals surface area (Å²) in [6.45, 7) is 3.79. The molecule has 1 unspecified atom stereocenters. The summed E-state index contributed by atoms with van der Waals surface area (Å²) in [6.07, 6.45) is 3.59. The van der Waals surface area contributed by atoms with Crippen molar-refractivity contribution < 1.29 is 4.21 Å². The summed E-state index contributed by atoms with van der Waals surface area (Å²) < 4.78 is 12.0. The van der Waals surface area contributed by atoms with Crippen molar-refractivity contribution in [2.75, 3.05) is 25.9 Å². The molecular weight excluding hydrogens is 409 g/mol. The van der Waals surface area contributed by atoms with E-state index in [4.69, 9.17) is 0 Å². The van der Waals surface area contributed by atoms with E-state index in [-0.39, 0.29) is 24.0 Å². The minimum atomic E-state index is -0.843. The predicted octanol–water partition coefficient (Wildman–Crippen LogP) is 2.91. The third kappa shape index (κ3) is 10.2. The Bertz CT molecular complexity index is 440. The zero-order chi connectivity index (χ0) is 15.3. The second kappa shape index (κ2) is 14.0. The van der Waals surface area contributed by atoms with Gasteiger partial charge in [0.1, 0.15) is 0 Å². The smallest absolute Gasteiger partial charge is 0.191 e. The Morgan fingerprint density at radius 3 is 2.45 bits per heavy atom. The fourth-order valence-electron chi connectivity index (χ4n) is 1.92. The fourth-order valence-corrected chi connectivity index (χ4v) is 2.96. The summed E-state index contributed by atoms with van der Waals surface area (Å²) in [7, 11) is 0.917. The van der Waals surface area contributed by atoms with Crippen LogP contribution in [0.15, 0.2) is 35.3 Å². The minimum absolute atomic E-state index is 0. The Kier molecular flexibility index (Phi) is 13.6. The normalized spacial score (nSPS) is 12.4. The van der Waals surface area contributed by atoms with Crippen LogP contribution in [-0.4, -0.2) is 36.1 Å². The molecule has 0 amide bonds. The van der Waals surface area contributed by atoms with Crippen molar-refractivity contribution in [1.29, 1.82) is 0 Å². The number of hydrogen-bond acceptors (Lipinski definition) is 2. The van der Waals surface area contributed by atoms with Crippen molar-refractivity contribution in [1.82, 2.24) is 10.6 Å². The number of guanidine groups is 1. The average Bonchev–Trinajstić information content (AvgIpc) is 2.50. The summed E-state index contributed by atoms with van der Waals surface area (Å²) in [4.78, 5) is 4.16. The Hall–Kier alpha value is -0.630. The van der Waals surface area contributed by atoms with Gasteiger partial charge in [-0.2, -0.15) is 0 Å². The molecule has 4 nitrogen and oxygen atoms in total. The van der Waals surface area contributed by atoms with E-state index in [0.29, 0.717) is 18.1 Å². The highest BCUT2D eigenvalue weighted by Gasteiger charge is 2.02. The second-order valence-electron chi connectivity index (χ2n) is 4.91. The molecule has 2 N–H and O–H groups in total. The molecule has 0 heterocycles. The van der Waals surface area contributed by atoms with Crippen molar-refractivity contribution in [3.8, 4) is 0 Å². The molecule has 0 aliphatic rings. The average molecular weight is 437 g/mol. The largest absolute Gasteiger partial charge is 0.356 e. The predicted molar refractivity (Wildman–Crippen MR) is 107 cm³/mol. The van der Waals surface area contributed by atoms with Crippen LogP contribution in [0.25, 0.3) is 0 Å². The lowest BCUT2D eigenvalue weighted by Gasteiger charge is -2.11. The van der Waals surface area contributed by atoms with Gasteiger partial charge >= 0.3 is 0 Å². The topological polar surface area (TPSA) is 53.5 Å². The zero-order valence-corrected chi connectivity index (χ0v) is 16.7. The summed E-state index contributed by atoms with van der Waals surface area (Å²) in [5.74, 6) is 2.04. The van der Waals surface area contributed by atoms with Gasteiger partial charge in [-0.1, -0.05) is 50.1 Å². The lowest BCUT2D eigenvalue weighted by molar-refractivity contribution is 0.677. The molecule has 1 atom stereocenters. The Morgan fingerprint density at radius 2 is 1.82 bits per heavy atom. The zero-order valence-electron chi connectivity index (χ0n) is 13.5. The Balaban J connectivity index is 0.00000441. The van der Waals surface area contributed by atoms with E-state index >= 15 is 0 Å². The number of benzene rings is 1. The highest BCUT2D eigenvalue weighted by atomic mass is 127. The molecule has 0 saturated heterocycles. The van der Waals surface area contributed by atoms with E-state index in [1.807, 2.05) is 30.3 Å². The second-order valence-corrected chi connectivity index (χ2v) is 6.48. The minimum Gasteiger partial charge on any atom is -0.356 e. The van der Waals surface area contributed by atoms with E-state index in [0.717, 1.165) is 24.5 Å². The third-order valence-corrected chi connectivity index (χ3v) is 4.40. The molecule has 0 spiro atoms. The van der Waals surface area contributed by atoms with E-state index < -0.39 is 10.8 Å². The maximum Gasteiger partial charge on any atom is 0.191 e. The molecule has 1 aromatic rings. The van der Waals surface area contributed by atoms with Crippen LogP contribution in [0.5, 0.6) is 0 Å². The maximum atomic E-state index is 12.0. The number of unbranched alkanes of at least 4 members (excludes halogenated alkanes) is 2. The summed E-state index contributed by atoms with van der Waals surface area (Å²) in [6, 6.07) is 9.96. The molecule has 0 aliphatic heterocycles. The number of nitrogens with zero attached hydrogens (tertiary/aromatic N) is 1. The van der Waals surface area contributed by atoms with Gasteiger partial charge in [-0.15, -0.1) is 24.0 Å². The monoisotopic (exact) mass is 437 g/mol. The van der Waals surface area contributed by atoms with Crippen LogP contribution in [0.1, 0.15) is 31.7 Å². The molecule has 1 rings (SSSR count). The van der Waals surface area contributed by atoms with Crippen LogP contribution in [0.3, 0.4) is 0 Å². The van der Waals surface area contributed by atoms with Gasteiger partial charge in [0.05, 0.1) is 0 Å². The molecule has 0 bridgehead atoms. The number of aliphatic imine (C=N–C) groups is 1. The van der Waals surface area contributed by atoms with Gasteiger partial charge in [-0.25, -0.2) is 0 Å². The van der Waals surface area contributed by atoms with Crippen LogP contribution in [0.4, 0.5) is 0 Å². The van der Waals surface area contributed by atoms with Gasteiger partial charge < -0.3 is 10.6 Å². The number of nitrogens with one attached hydrogen (secondary N) is 2. The van der Waals surface area contributed by atoms with Gasteiger partial charge in [-0.05, 0) is 12.0 Å². The third-order valence-electron chi connectivity index (χ3n) is 3.09. The Morgan fingerprint density at radius 1 is 1.14 bits per heavy atom. The van der Waals surface area contributed by atoms with E-state index in [2.05, 4.69) is 22.5 Å². The molecule has 0 aromatic heterocycles. The van der Waals surface area contributed by atoms with E-state index in [1.165, 1.54) is 12.8 Å². The van der Waals surface area contributed by atoms with Crippen LogP contribution >= 0.6 is 24.0 Å². The number of rotatable bonds is 9. The lowest BCUT2D eigenvalue weighted by Crippen LogP contribution is -2.39. The molecule has 6 heteroatoms. The summed E-state index contributed by atoms with van der Waals surface area (Å²) in [5.41, 5.74) is 1.12. The van der Waals surface area contributed by atoms with Crippen LogP contribution in [-0.2, 0) is 16.6 Å². The first-order chi connectivity index (χ1) is 10.3. The van der Waals surface area contributed by atoms with Crippen molar-refractivity contribution in [2.24, 2.45) is 4.99 Å². The molecule has 0 saturated carbocycles. The first kappa shape index (κ1) is 21.4. The van der Waals surface area contributed by atoms with E-state index in [9.17, 15) is 4.21 Å². The molecule has 0 aliphatic carbocycles. The van der Waals surface area contributed by atoms with Gasteiger partial charge in [0.15, 0.2) is 5.96 Å². The highest BCUT2D eigenvalue weighted by Crippen LogP contribution is 2.02. The number of hydrogen-bond donors (Lipinski definition) is 2. The van der Waals surface area contributed by atoms with Crippen LogP contribution in [0.2, 0.25) is 0 Å². The van der Waals surface area contributed by atoms with Gasteiger partial charge in [0.25, 0.3) is 0 Å². The van der Waals surface area contributed by atoms with Crippen LogP contribution in [0, 0.1) is 0 Å². The van der Waals surface area contributed by atoms with Crippen molar-refractivity contribution >= 4 is 40.7 Å². The molecule has 0 radical (unpaired) electrons. The van der Waals surface area contributed by atoms with Gasteiger partial charge in [-0.3, -0.25) is 9.20 Å². The number of halogens is 1. The Labute approximate surface area is 154 Å². The molecule has 1 aromatic carbocycles. The lowest BCUT2D eigenvalue weighted by atomic mass is 10.2. The fraction of sp³-hybridized carbons (Fsp3) is 0.562. The van der Waals surface area contributed by atoms with Gasteiger partial charge in [0.2, 0.25) is 0 Å². The highest BCUT2D eigenvalue weighted by molar-refractivity contribution is 14.0. The van der Waals surface area contributed by atoms with Crippen molar-refractivity contribution in [2.45, 2.75) is 31.9 Å². The molecule has 126 valence electrons. The standard InChI is InChI=1S/C16H27N3OS.HI/c1-3-4-8-11-18-16(17-2)19-12-13-21(20)14-15-9-6-5-7-10-15;/h5-7,9-10H,3-4,8,11-14H2,1-2H3,(H2,17,18,19);1H. The quantitative estimate of drug-likeness (QED) is 0.270. The van der Waals surface area contributed by atoms with Crippen molar-refractivity contribution in [3.05, 3.63) is 35.9 Å². The molecule has 0 fully saturated rings. The van der Waals surface area contributed by atoms with Crippen LogP contribution < -0.4 is 10.6 Å². The first-order valence-electron chi connectivity index (χ1n) is 7.59. The molecule has 22 heavy (non-hydrogen) atoms. The van der Waals surface area contributed by atoms with E-state index in [1.54, 1.807) is 7.05 Å². The first-order valence-corrected chi connectivity index (χ1v) is 9.08. The maximum absolute atomic E-state index is 12.0.